The predicted molar refractivity (Wildman–Crippen MR) is 69.4 cm³/mol. The van der Waals surface area contributed by atoms with Crippen LogP contribution in [0.5, 0.6) is 11.6 Å². The largest absolute Gasteiger partial charge is 0.437 e. The molecule has 1 heterocycles. The van der Waals surface area contributed by atoms with E-state index in [-0.39, 0.29) is 6.61 Å². The van der Waals surface area contributed by atoms with Gasteiger partial charge in [-0.1, -0.05) is 11.6 Å². The van der Waals surface area contributed by atoms with Gasteiger partial charge in [0.1, 0.15) is 5.75 Å². The van der Waals surface area contributed by atoms with Crippen LogP contribution in [0.15, 0.2) is 41.0 Å². The molecule has 0 amide bonds. The van der Waals surface area contributed by atoms with E-state index in [1.807, 2.05) is 0 Å². The van der Waals surface area contributed by atoms with Crippen molar-refractivity contribution in [2.24, 2.45) is 0 Å². The fourth-order valence-corrected chi connectivity index (χ4v) is 2.06. The van der Waals surface area contributed by atoms with Gasteiger partial charge >= 0.3 is 0 Å². The number of rotatable bonds is 3. The molecule has 0 saturated carbocycles. The summed E-state index contributed by atoms with van der Waals surface area (Å²) in [7, 11) is 0. The predicted octanol–water partition coefficient (Wildman–Crippen LogP) is 3.78. The second-order valence-corrected chi connectivity index (χ2v) is 4.59. The molecule has 1 aromatic carbocycles. The Labute approximate surface area is 112 Å². The van der Waals surface area contributed by atoms with E-state index >= 15 is 0 Å². The molecule has 0 bridgehead atoms. The van der Waals surface area contributed by atoms with Crippen LogP contribution in [0.25, 0.3) is 0 Å². The Bertz CT molecular complexity index is 534. The van der Waals surface area contributed by atoms with Gasteiger partial charge in [-0.25, -0.2) is 4.98 Å². The highest BCUT2D eigenvalue weighted by molar-refractivity contribution is 9.10. The van der Waals surface area contributed by atoms with E-state index < -0.39 is 0 Å². The van der Waals surface area contributed by atoms with Crippen molar-refractivity contribution in [3.63, 3.8) is 0 Å². The summed E-state index contributed by atoms with van der Waals surface area (Å²) < 4.78 is 6.35. The average Bonchev–Trinajstić information content (AvgIpc) is 2.33. The molecule has 1 N–H and O–H groups in total. The highest BCUT2D eigenvalue weighted by Gasteiger charge is 2.08. The molecule has 0 unspecified atom stereocenters. The normalized spacial score (nSPS) is 10.3. The Hall–Kier alpha value is -1.10. The van der Waals surface area contributed by atoms with Crippen LogP contribution in [-0.4, -0.2) is 10.1 Å². The average molecular weight is 315 g/mol. The molecule has 1 aromatic heterocycles. The fraction of sp³-hybridized carbons (Fsp3) is 0.0833. The maximum atomic E-state index is 9.16. The third-order valence-electron chi connectivity index (χ3n) is 2.12. The molecule has 2 rings (SSSR count). The van der Waals surface area contributed by atoms with Gasteiger partial charge in [0, 0.05) is 16.8 Å². The SMILES string of the molecule is OCc1cccnc1Oc1ccc(Cl)cc1Br. The van der Waals surface area contributed by atoms with Crippen molar-refractivity contribution in [1.82, 2.24) is 4.98 Å². The van der Waals surface area contributed by atoms with Gasteiger partial charge in [-0.15, -0.1) is 0 Å². The summed E-state index contributed by atoms with van der Waals surface area (Å²) in [6.45, 7) is -0.117. The zero-order valence-corrected chi connectivity index (χ0v) is 11.1. The van der Waals surface area contributed by atoms with Crippen molar-refractivity contribution >= 4 is 27.5 Å². The second kappa shape index (κ2) is 5.49. The summed E-state index contributed by atoms with van der Waals surface area (Å²) in [4.78, 5) is 4.07. The number of aromatic nitrogens is 1. The van der Waals surface area contributed by atoms with Crippen molar-refractivity contribution < 1.29 is 9.84 Å². The Kier molecular flexibility index (Phi) is 3.99. The van der Waals surface area contributed by atoms with Gasteiger partial charge in [0.25, 0.3) is 0 Å². The molecular formula is C12H9BrClNO2. The van der Waals surface area contributed by atoms with Crippen LogP contribution in [0, 0.1) is 0 Å². The number of aliphatic hydroxyl groups is 1. The first-order valence-corrected chi connectivity index (χ1v) is 6.05. The van der Waals surface area contributed by atoms with Gasteiger partial charge in [0.2, 0.25) is 5.88 Å². The van der Waals surface area contributed by atoms with Crippen LogP contribution in [0.1, 0.15) is 5.56 Å². The van der Waals surface area contributed by atoms with Gasteiger partial charge in [-0.2, -0.15) is 0 Å². The number of hydrogen-bond acceptors (Lipinski definition) is 3. The number of benzene rings is 1. The maximum absolute atomic E-state index is 9.16. The van der Waals surface area contributed by atoms with Crippen molar-refractivity contribution in [1.29, 1.82) is 0 Å². The fourth-order valence-electron chi connectivity index (χ4n) is 1.30. The molecule has 2 aromatic rings. The minimum Gasteiger partial charge on any atom is -0.437 e. The van der Waals surface area contributed by atoms with Crippen LogP contribution in [0.2, 0.25) is 5.02 Å². The van der Waals surface area contributed by atoms with Gasteiger partial charge in [0.15, 0.2) is 0 Å². The highest BCUT2D eigenvalue weighted by atomic mass is 79.9. The van der Waals surface area contributed by atoms with Crippen LogP contribution >= 0.6 is 27.5 Å². The van der Waals surface area contributed by atoms with E-state index in [2.05, 4.69) is 20.9 Å². The third-order valence-corrected chi connectivity index (χ3v) is 2.98. The summed E-state index contributed by atoms with van der Waals surface area (Å²) in [5.41, 5.74) is 0.634. The Morgan fingerprint density at radius 1 is 1.35 bits per heavy atom. The first kappa shape index (κ1) is 12.4. The topological polar surface area (TPSA) is 42.4 Å². The molecule has 0 atom stereocenters. The standard InChI is InChI=1S/C12H9BrClNO2/c13-10-6-9(14)3-4-11(10)17-12-8(7-16)2-1-5-15-12/h1-6,16H,7H2. The molecule has 88 valence electrons. The first-order valence-electron chi connectivity index (χ1n) is 4.88. The Morgan fingerprint density at radius 3 is 2.88 bits per heavy atom. The van der Waals surface area contributed by atoms with E-state index in [4.69, 9.17) is 21.4 Å². The van der Waals surface area contributed by atoms with Crippen molar-refractivity contribution in [2.45, 2.75) is 6.61 Å². The lowest BCUT2D eigenvalue weighted by Crippen LogP contribution is -1.94. The molecule has 0 fully saturated rings. The smallest absolute Gasteiger partial charge is 0.224 e. The minimum atomic E-state index is -0.117. The lowest BCUT2D eigenvalue weighted by Gasteiger charge is -2.09. The van der Waals surface area contributed by atoms with Crippen LogP contribution < -0.4 is 4.74 Å². The number of ether oxygens (including phenoxy) is 1. The Balaban J connectivity index is 2.31. The molecule has 0 aliphatic heterocycles. The van der Waals surface area contributed by atoms with E-state index in [9.17, 15) is 0 Å². The van der Waals surface area contributed by atoms with E-state index in [1.54, 1.807) is 36.5 Å². The Morgan fingerprint density at radius 2 is 2.18 bits per heavy atom. The lowest BCUT2D eigenvalue weighted by molar-refractivity contribution is 0.275. The monoisotopic (exact) mass is 313 g/mol. The maximum Gasteiger partial charge on any atom is 0.224 e. The molecule has 3 nitrogen and oxygen atoms in total. The van der Waals surface area contributed by atoms with Crippen molar-refractivity contribution in [3.8, 4) is 11.6 Å². The molecule has 5 heteroatoms. The van der Waals surface area contributed by atoms with Gasteiger partial charge < -0.3 is 9.84 Å². The molecular weight excluding hydrogens is 305 g/mol. The van der Waals surface area contributed by atoms with Gasteiger partial charge in [-0.3, -0.25) is 0 Å². The van der Waals surface area contributed by atoms with E-state index in [0.717, 1.165) is 4.47 Å². The number of pyridine rings is 1. The molecule has 0 radical (unpaired) electrons. The van der Waals surface area contributed by atoms with Gasteiger partial charge in [-0.05, 0) is 46.3 Å². The van der Waals surface area contributed by atoms with Crippen LogP contribution in [-0.2, 0) is 6.61 Å². The van der Waals surface area contributed by atoms with Crippen molar-refractivity contribution in [3.05, 3.63) is 51.6 Å². The van der Waals surface area contributed by atoms with E-state index in [1.165, 1.54) is 0 Å². The zero-order chi connectivity index (χ0) is 12.3. The summed E-state index contributed by atoms with van der Waals surface area (Å²) in [5, 5.41) is 9.78. The first-order chi connectivity index (χ1) is 8.20. The highest BCUT2D eigenvalue weighted by Crippen LogP contribution is 2.32. The number of hydrogen-bond donors (Lipinski definition) is 1. The molecule has 17 heavy (non-hydrogen) atoms. The molecule has 0 aliphatic carbocycles. The second-order valence-electron chi connectivity index (χ2n) is 3.30. The third kappa shape index (κ3) is 2.97. The van der Waals surface area contributed by atoms with Crippen molar-refractivity contribution in [2.75, 3.05) is 0 Å². The molecule has 0 saturated heterocycles. The molecule has 0 spiro atoms. The summed E-state index contributed by atoms with van der Waals surface area (Å²) in [5.74, 6) is 0.987. The summed E-state index contributed by atoms with van der Waals surface area (Å²) in [6, 6.07) is 8.70. The van der Waals surface area contributed by atoms with Crippen LogP contribution in [0.4, 0.5) is 0 Å². The summed E-state index contributed by atoms with van der Waals surface area (Å²) >= 11 is 9.19. The number of aliphatic hydroxyl groups excluding tert-OH is 1. The number of nitrogens with zero attached hydrogens (tertiary/aromatic N) is 1. The molecule has 0 aliphatic rings. The quantitative estimate of drug-likeness (QED) is 0.937. The summed E-state index contributed by atoms with van der Waals surface area (Å²) in [6.07, 6.45) is 1.61. The number of halogens is 2. The van der Waals surface area contributed by atoms with Crippen LogP contribution in [0.3, 0.4) is 0 Å². The van der Waals surface area contributed by atoms with E-state index in [0.29, 0.717) is 22.2 Å². The lowest BCUT2D eigenvalue weighted by atomic mass is 10.3. The minimum absolute atomic E-state index is 0.117. The zero-order valence-electron chi connectivity index (χ0n) is 8.73. The van der Waals surface area contributed by atoms with Gasteiger partial charge in [0.05, 0.1) is 11.1 Å².